The Morgan fingerprint density at radius 1 is 1.25 bits per heavy atom. The second-order valence-electron chi connectivity index (χ2n) is 4.06. The van der Waals surface area contributed by atoms with Crippen LogP contribution in [0.25, 0.3) is 0 Å². The molecule has 0 saturated carbocycles. The van der Waals surface area contributed by atoms with Crippen LogP contribution in [0.4, 0.5) is 0 Å². The summed E-state index contributed by atoms with van der Waals surface area (Å²) < 4.78 is 0. The van der Waals surface area contributed by atoms with Crippen LogP contribution >= 0.6 is 0 Å². The van der Waals surface area contributed by atoms with Crippen molar-refractivity contribution in [2.45, 2.75) is 19.8 Å². The van der Waals surface area contributed by atoms with Crippen LogP contribution in [0, 0.1) is 0 Å². The lowest BCUT2D eigenvalue weighted by atomic mass is 10.1. The van der Waals surface area contributed by atoms with Crippen molar-refractivity contribution in [3.05, 3.63) is 35.9 Å². The normalized spacial score (nSPS) is 11.3. The monoisotopic (exact) mass is 218 g/mol. The molecule has 0 fully saturated rings. The van der Waals surface area contributed by atoms with Crippen molar-refractivity contribution in [2.24, 2.45) is 5.10 Å². The van der Waals surface area contributed by atoms with Crippen molar-refractivity contribution in [1.29, 1.82) is 0 Å². The molecule has 0 amide bonds. The molecular formula is C13H18N2O. The first-order valence-corrected chi connectivity index (χ1v) is 5.35. The molecule has 0 atom stereocenters. The molecule has 16 heavy (non-hydrogen) atoms. The van der Waals surface area contributed by atoms with Crippen molar-refractivity contribution < 1.29 is 4.79 Å². The van der Waals surface area contributed by atoms with Gasteiger partial charge in [0.25, 0.3) is 0 Å². The quantitative estimate of drug-likeness (QED) is 0.560. The van der Waals surface area contributed by atoms with E-state index < -0.39 is 0 Å². The maximum atomic E-state index is 11.7. The molecule has 0 spiro atoms. The molecule has 0 radical (unpaired) electrons. The van der Waals surface area contributed by atoms with Crippen molar-refractivity contribution in [3.8, 4) is 0 Å². The van der Waals surface area contributed by atoms with Crippen LogP contribution in [-0.4, -0.2) is 30.6 Å². The van der Waals surface area contributed by atoms with Gasteiger partial charge in [0.2, 0.25) is 0 Å². The van der Waals surface area contributed by atoms with Gasteiger partial charge in [0, 0.05) is 32.6 Å². The summed E-state index contributed by atoms with van der Waals surface area (Å²) in [6.07, 6.45) is 0.911. The average Bonchev–Trinajstić information content (AvgIpc) is 2.17. The van der Waals surface area contributed by atoms with Crippen LogP contribution in [0.5, 0.6) is 0 Å². The Hall–Kier alpha value is -1.64. The highest BCUT2D eigenvalue weighted by Gasteiger charge is 2.05. The molecule has 0 N–H and O–H groups in total. The van der Waals surface area contributed by atoms with E-state index >= 15 is 0 Å². The molecule has 0 saturated heterocycles. The Balaban J connectivity index is 2.49. The number of rotatable bonds is 5. The van der Waals surface area contributed by atoms with E-state index in [4.69, 9.17) is 0 Å². The molecule has 3 nitrogen and oxygen atoms in total. The zero-order valence-electron chi connectivity index (χ0n) is 10.1. The van der Waals surface area contributed by atoms with Crippen molar-refractivity contribution in [3.63, 3.8) is 0 Å². The second-order valence-corrected chi connectivity index (χ2v) is 4.06. The highest BCUT2D eigenvalue weighted by molar-refractivity contribution is 6.01. The lowest BCUT2D eigenvalue weighted by molar-refractivity contribution is -0.117. The third-order valence-electron chi connectivity index (χ3n) is 2.07. The lowest BCUT2D eigenvalue weighted by Crippen LogP contribution is -2.12. The van der Waals surface area contributed by atoms with Gasteiger partial charge in [-0.2, -0.15) is 5.10 Å². The van der Waals surface area contributed by atoms with Gasteiger partial charge in [-0.05, 0) is 12.5 Å². The predicted molar refractivity (Wildman–Crippen MR) is 66.6 cm³/mol. The van der Waals surface area contributed by atoms with Crippen molar-refractivity contribution >= 4 is 11.5 Å². The van der Waals surface area contributed by atoms with Crippen LogP contribution in [0.3, 0.4) is 0 Å². The van der Waals surface area contributed by atoms with Crippen molar-refractivity contribution in [1.82, 2.24) is 5.01 Å². The smallest absolute Gasteiger partial charge is 0.142 e. The number of ketones is 1. The van der Waals surface area contributed by atoms with Crippen molar-refractivity contribution in [2.75, 3.05) is 14.1 Å². The van der Waals surface area contributed by atoms with Crippen LogP contribution in [0.2, 0.25) is 0 Å². The molecule has 0 aliphatic heterocycles. The summed E-state index contributed by atoms with van der Waals surface area (Å²) >= 11 is 0. The number of nitrogens with zero attached hydrogens (tertiary/aromatic N) is 2. The summed E-state index contributed by atoms with van der Waals surface area (Å²) in [7, 11) is 3.70. The first kappa shape index (κ1) is 12.4. The minimum atomic E-state index is 0.203. The molecule has 0 heterocycles. The third kappa shape index (κ3) is 4.73. The highest BCUT2D eigenvalue weighted by atomic mass is 16.1. The molecule has 1 aromatic rings. The van der Waals surface area contributed by atoms with Crippen LogP contribution in [0.15, 0.2) is 35.4 Å². The SMILES string of the molecule is CC(CC(=O)Cc1ccccc1)=NN(C)C. The molecule has 0 aromatic heterocycles. The predicted octanol–water partition coefficient (Wildman–Crippen LogP) is 2.13. The summed E-state index contributed by atoms with van der Waals surface area (Å²) in [5, 5.41) is 5.90. The minimum Gasteiger partial charge on any atom is -0.303 e. The molecule has 86 valence electrons. The summed E-state index contributed by atoms with van der Waals surface area (Å²) in [6.45, 7) is 1.88. The first-order valence-electron chi connectivity index (χ1n) is 5.35. The van der Waals surface area contributed by atoms with Gasteiger partial charge in [-0.1, -0.05) is 30.3 Å². The van der Waals surface area contributed by atoms with E-state index in [0.717, 1.165) is 11.3 Å². The van der Waals surface area contributed by atoms with Gasteiger partial charge in [0.1, 0.15) is 5.78 Å². The minimum absolute atomic E-state index is 0.203. The summed E-state index contributed by atoms with van der Waals surface area (Å²) in [5.41, 5.74) is 1.91. The largest absolute Gasteiger partial charge is 0.303 e. The maximum Gasteiger partial charge on any atom is 0.142 e. The fourth-order valence-corrected chi connectivity index (χ4v) is 1.55. The number of carbonyl (C=O) groups excluding carboxylic acids is 1. The average molecular weight is 218 g/mol. The Morgan fingerprint density at radius 2 is 1.88 bits per heavy atom. The number of hydrazone groups is 1. The van der Waals surface area contributed by atoms with Crippen LogP contribution in [0.1, 0.15) is 18.9 Å². The van der Waals surface area contributed by atoms with Gasteiger partial charge >= 0.3 is 0 Å². The van der Waals surface area contributed by atoms with E-state index in [9.17, 15) is 4.79 Å². The number of hydrogen-bond acceptors (Lipinski definition) is 3. The number of Topliss-reactive ketones (excluding diaryl/α,β-unsaturated/α-hetero) is 1. The lowest BCUT2D eigenvalue weighted by Gasteiger charge is -2.06. The van der Waals surface area contributed by atoms with E-state index in [1.165, 1.54) is 0 Å². The molecule has 0 aliphatic rings. The van der Waals surface area contributed by atoms with E-state index in [2.05, 4.69) is 5.10 Å². The zero-order chi connectivity index (χ0) is 12.0. The Kier molecular flexibility index (Phi) is 4.70. The van der Waals surface area contributed by atoms with Crippen LogP contribution in [-0.2, 0) is 11.2 Å². The zero-order valence-corrected chi connectivity index (χ0v) is 10.1. The molecule has 0 unspecified atom stereocenters. The maximum absolute atomic E-state index is 11.7. The number of benzene rings is 1. The molecular weight excluding hydrogens is 200 g/mol. The van der Waals surface area contributed by atoms with E-state index in [1.54, 1.807) is 5.01 Å². The van der Waals surface area contributed by atoms with Crippen LogP contribution < -0.4 is 0 Å². The van der Waals surface area contributed by atoms with Gasteiger partial charge in [-0.3, -0.25) is 4.79 Å². The Bertz CT molecular complexity index is 369. The van der Waals surface area contributed by atoms with E-state index in [1.807, 2.05) is 51.4 Å². The standard InChI is InChI=1S/C13H18N2O/c1-11(14-15(2)3)9-13(16)10-12-7-5-4-6-8-12/h4-8H,9-10H2,1-3H3. The van der Waals surface area contributed by atoms with Gasteiger partial charge in [0.05, 0.1) is 0 Å². The fraction of sp³-hybridized carbons (Fsp3) is 0.385. The highest BCUT2D eigenvalue weighted by Crippen LogP contribution is 2.02. The van der Waals surface area contributed by atoms with E-state index in [0.29, 0.717) is 12.8 Å². The van der Waals surface area contributed by atoms with Gasteiger partial charge in [-0.25, -0.2) is 0 Å². The second kappa shape index (κ2) is 6.05. The topological polar surface area (TPSA) is 32.7 Å². The Morgan fingerprint density at radius 3 is 2.44 bits per heavy atom. The van der Waals surface area contributed by atoms with Gasteiger partial charge < -0.3 is 5.01 Å². The number of carbonyl (C=O) groups is 1. The third-order valence-corrected chi connectivity index (χ3v) is 2.07. The summed E-state index contributed by atoms with van der Waals surface area (Å²) in [5.74, 6) is 0.203. The molecule has 0 bridgehead atoms. The Labute approximate surface area is 96.8 Å². The summed E-state index contributed by atoms with van der Waals surface area (Å²) in [4.78, 5) is 11.7. The first-order chi connectivity index (χ1) is 7.58. The molecule has 0 aliphatic carbocycles. The number of hydrogen-bond donors (Lipinski definition) is 0. The molecule has 1 aromatic carbocycles. The fourth-order valence-electron chi connectivity index (χ4n) is 1.55. The van der Waals surface area contributed by atoms with Gasteiger partial charge in [0.15, 0.2) is 0 Å². The molecule has 1 rings (SSSR count). The molecule has 3 heteroatoms. The van der Waals surface area contributed by atoms with E-state index in [-0.39, 0.29) is 5.78 Å². The van der Waals surface area contributed by atoms with Gasteiger partial charge in [-0.15, -0.1) is 0 Å². The summed E-state index contributed by atoms with van der Waals surface area (Å²) in [6, 6.07) is 9.78.